The van der Waals surface area contributed by atoms with Crippen LogP contribution in [-0.4, -0.2) is 69.2 Å². The van der Waals surface area contributed by atoms with E-state index >= 15 is 0 Å². The highest BCUT2D eigenvalue weighted by molar-refractivity contribution is 7.91. The predicted molar refractivity (Wildman–Crippen MR) is 104 cm³/mol. The Morgan fingerprint density at radius 1 is 0.775 bits per heavy atom. The van der Waals surface area contributed by atoms with E-state index in [0.717, 1.165) is 0 Å². The van der Waals surface area contributed by atoms with Gasteiger partial charge in [0.15, 0.2) is 0 Å². The Balaban J connectivity index is 3.40. The van der Waals surface area contributed by atoms with Gasteiger partial charge in [-0.3, -0.25) is 9.35 Å². The minimum absolute atomic E-state index is 0.0104. The number of hydrogen-bond acceptors (Lipinski definition) is 8. The fourth-order valence-corrected chi connectivity index (χ4v) is 4.71. The summed E-state index contributed by atoms with van der Waals surface area (Å²) in [7, 11) is -21.7. The lowest BCUT2D eigenvalue weighted by Crippen LogP contribution is -2.61. The largest absolute Gasteiger partial charge is 0.450 e. The van der Waals surface area contributed by atoms with E-state index in [1.807, 2.05) is 0 Å². The van der Waals surface area contributed by atoms with Crippen LogP contribution in [0.4, 0.5) is 52.7 Å². The van der Waals surface area contributed by atoms with Gasteiger partial charge in [0, 0.05) is 12.5 Å². The molecular weight excluding hydrogens is 662 g/mol. The number of sulfonamides is 1. The zero-order valence-corrected chi connectivity index (χ0v) is 21.2. The van der Waals surface area contributed by atoms with Crippen molar-refractivity contribution < 1.29 is 91.5 Å². The van der Waals surface area contributed by atoms with E-state index in [0.29, 0.717) is 6.92 Å². The fraction of sp³-hybridized carbons (Fsp3) is 0.533. The predicted octanol–water partition coefficient (Wildman–Crippen LogP) is 3.36. The zero-order chi connectivity index (χ0) is 32.3. The second-order valence-electron chi connectivity index (χ2n) is 7.51. The van der Waals surface area contributed by atoms with Crippen molar-refractivity contribution in [2.75, 3.05) is 0 Å². The van der Waals surface area contributed by atoms with Gasteiger partial charge in [-0.05, 0) is 30.7 Å². The van der Waals surface area contributed by atoms with Gasteiger partial charge in [-0.15, -0.1) is 0 Å². The third-order valence-corrected chi connectivity index (χ3v) is 8.06. The first kappa shape index (κ1) is 35.5. The number of alkyl halides is 12. The molecule has 0 bridgehead atoms. The number of amides is 1. The van der Waals surface area contributed by atoms with E-state index < -0.39 is 93.5 Å². The van der Waals surface area contributed by atoms with Crippen molar-refractivity contribution in [1.82, 2.24) is 4.72 Å². The van der Waals surface area contributed by atoms with Gasteiger partial charge in [0.25, 0.3) is 5.91 Å². The number of aryl methyl sites for hydroxylation is 1. The van der Waals surface area contributed by atoms with Crippen LogP contribution < -0.4 is 8.91 Å². The Kier molecular flexibility index (Phi) is 8.68. The summed E-state index contributed by atoms with van der Waals surface area (Å²) in [5.74, 6) is -23.5. The summed E-state index contributed by atoms with van der Waals surface area (Å²) in [4.78, 5) is 11.9. The van der Waals surface area contributed by atoms with E-state index in [1.54, 1.807) is 0 Å². The molecule has 0 aliphatic heterocycles. The van der Waals surface area contributed by atoms with Crippen LogP contribution in [0.3, 0.4) is 0 Å². The monoisotopic (exact) mass is 673 g/mol. The van der Waals surface area contributed by atoms with Gasteiger partial charge < -0.3 is 4.18 Å². The average molecular weight is 673 g/mol. The van der Waals surface area contributed by atoms with Crippen molar-refractivity contribution in [3.05, 3.63) is 29.3 Å². The average Bonchev–Trinajstić information content (AvgIpc) is 2.72. The highest BCUT2D eigenvalue weighted by Gasteiger charge is 2.83. The minimum Gasteiger partial charge on any atom is -0.378 e. The number of halogens is 12. The minimum atomic E-state index is -7.39. The summed E-state index contributed by atoms with van der Waals surface area (Å²) in [6.45, 7) is -0.239. The maximum atomic E-state index is 13.9. The van der Waals surface area contributed by atoms with Gasteiger partial charge in [-0.1, -0.05) is 0 Å². The summed E-state index contributed by atoms with van der Waals surface area (Å²) < 4.78 is 240. The molecule has 0 spiro atoms. The first-order valence-electron chi connectivity index (χ1n) is 9.08. The van der Waals surface area contributed by atoms with Crippen molar-refractivity contribution in [2.45, 2.75) is 47.4 Å². The standard InChI is InChI=1S/C15H11F12NO9S3/c1-6-5-7(9(29)28-38(30,31)13(22,23)11(18,19)10(2,16)17)3-4-8(6)37-40(35,36)15(26,27)12(20,21)14(24,25)39(32,33)34/h3-5H,1-2H3,(H,28,29)(H,32,33,34). The normalized spacial score (nSPS) is 15.1. The Labute approximate surface area is 215 Å². The SMILES string of the molecule is Cc1cc(C(=O)NS(=O)(=O)C(F)(F)C(F)(F)C(C)(F)F)ccc1OS(=O)(=O)C(F)(F)C(F)(F)C(F)(F)S(=O)(=O)O. The van der Waals surface area contributed by atoms with Crippen LogP contribution in [0.15, 0.2) is 18.2 Å². The Bertz CT molecular complexity index is 1500. The highest BCUT2D eigenvalue weighted by Crippen LogP contribution is 2.51. The van der Waals surface area contributed by atoms with Crippen molar-refractivity contribution in [3.8, 4) is 5.75 Å². The van der Waals surface area contributed by atoms with Crippen molar-refractivity contribution in [1.29, 1.82) is 0 Å². The highest BCUT2D eigenvalue weighted by atomic mass is 32.2. The first-order valence-corrected chi connectivity index (χ1v) is 13.4. The van der Waals surface area contributed by atoms with Crippen molar-refractivity contribution in [2.24, 2.45) is 0 Å². The molecular formula is C15H11F12NO9S3. The number of hydrogen-bond donors (Lipinski definition) is 2. The Hall–Kier alpha value is -2.54. The molecule has 10 nitrogen and oxygen atoms in total. The zero-order valence-electron chi connectivity index (χ0n) is 18.7. The third-order valence-electron chi connectivity index (χ3n) is 4.49. The molecule has 0 aliphatic rings. The fourth-order valence-electron chi connectivity index (χ4n) is 2.21. The lowest BCUT2D eigenvalue weighted by atomic mass is 10.1. The number of rotatable bonds is 11. The summed E-state index contributed by atoms with van der Waals surface area (Å²) >= 11 is 0. The molecule has 2 N–H and O–H groups in total. The first-order chi connectivity index (χ1) is 17.2. The molecule has 25 heteroatoms. The molecule has 0 fully saturated rings. The molecule has 0 atom stereocenters. The Morgan fingerprint density at radius 2 is 1.23 bits per heavy atom. The van der Waals surface area contributed by atoms with E-state index in [2.05, 4.69) is 4.18 Å². The summed E-state index contributed by atoms with van der Waals surface area (Å²) in [5, 5.41) is -20.9. The molecule has 0 radical (unpaired) electrons. The van der Waals surface area contributed by atoms with Gasteiger partial charge in [0.1, 0.15) is 5.75 Å². The van der Waals surface area contributed by atoms with Gasteiger partial charge in [-0.2, -0.15) is 77.9 Å². The summed E-state index contributed by atoms with van der Waals surface area (Å²) in [6, 6.07) is 0.233. The number of nitrogens with one attached hydrogen (secondary N) is 1. The van der Waals surface area contributed by atoms with Gasteiger partial charge in [0.2, 0.25) is 0 Å². The van der Waals surface area contributed by atoms with E-state index in [1.165, 1.54) is 0 Å². The van der Waals surface area contributed by atoms with E-state index in [-0.39, 0.29) is 22.9 Å². The van der Waals surface area contributed by atoms with Crippen LogP contribution in [0.5, 0.6) is 5.75 Å². The smallest absolute Gasteiger partial charge is 0.378 e. The second kappa shape index (κ2) is 9.78. The molecule has 0 aliphatic carbocycles. The maximum Gasteiger partial charge on any atom is 0.450 e. The van der Waals surface area contributed by atoms with Crippen LogP contribution in [0.1, 0.15) is 22.8 Å². The lowest BCUT2D eigenvalue weighted by molar-refractivity contribution is -0.271. The maximum absolute atomic E-state index is 13.9. The van der Waals surface area contributed by atoms with Gasteiger partial charge >= 0.3 is 63.8 Å². The number of carbonyl (C=O) groups excluding carboxylic acids is 1. The third kappa shape index (κ3) is 5.50. The second-order valence-corrected chi connectivity index (χ2v) is 12.3. The topological polar surface area (TPSA) is 161 Å². The van der Waals surface area contributed by atoms with E-state index in [9.17, 15) is 82.7 Å². The molecule has 0 heterocycles. The van der Waals surface area contributed by atoms with E-state index in [4.69, 9.17) is 4.55 Å². The number of carbonyl (C=O) groups is 1. The molecule has 1 aromatic rings. The summed E-state index contributed by atoms with van der Waals surface area (Å²) in [6.07, 6.45) is 0. The molecule has 0 saturated heterocycles. The van der Waals surface area contributed by atoms with Crippen LogP contribution in [0.2, 0.25) is 0 Å². The molecule has 1 aromatic carbocycles. The van der Waals surface area contributed by atoms with Crippen molar-refractivity contribution in [3.63, 3.8) is 0 Å². The van der Waals surface area contributed by atoms with Gasteiger partial charge in [0.05, 0.1) is 0 Å². The molecule has 0 saturated carbocycles. The molecule has 1 rings (SSSR count). The quantitative estimate of drug-likeness (QED) is 0.204. The molecule has 1 amide bonds. The van der Waals surface area contributed by atoms with Crippen LogP contribution >= 0.6 is 0 Å². The Morgan fingerprint density at radius 3 is 1.60 bits per heavy atom. The molecule has 0 unspecified atom stereocenters. The molecule has 40 heavy (non-hydrogen) atoms. The molecule has 232 valence electrons. The molecule has 0 aromatic heterocycles. The van der Waals surface area contributed by atoms with Gasteiger partial charge in [-0.25, -0.2) is 4.72 Å². The van der Waals surface area contributed by atoms with Crippen LogP contribution in [0, 0.1) is 6.92 Å². The summed E-state index contributed by atoms with van der Waals surface area (Å²) in [5.41, 5.74) is -2.24. The van der Waals surface area contributed by atoms with Crippen LogP contribution in [0.25, 0.3) is 0 Å². The number of benzene rings is 1. The van der Waals surface area contributed by atoms with Crippen molar-refractivity contribution >= 4 is 36.2 Å². The lowest BCUT2D eigenvalue weighted by Gasteiger charge is -2.30. The van der Waals surface area contributed by atoms with Crippen LogP contribution in [-0.2, 0) is 30.3 Å².